The van der Waals surface area contributed by atoms with Crippen LogP contribution in [0, 0.1) is 0 Å². The van der Waals surface area contributed by atoms with Crippen molar-refractivity contribution >= 4 is 35.0 Å². The summed E-state index contributed by atoms with van der Waals surface area (Å²) >= 11 is 1.58. The Labute approximate surface area is 213 Å². The van der Waals surface area contributed by atoms with Gasteiger partial charge in [0.1, 0.15) is 5.69 Å². The molecule has 0 saturated carbocycles. The number of thiophene rings is 1. The van der Waals surface area contributed by atoms with Gasteiger partial charge in [0.25, 0.3) is 5.91 Å². The minimum atomic E-state index is -0.559. The number of carbonyl (C=O) groups excluding carboxylic acids is 2. The minimum Gasteiger partial charge on any atom is -0.452 e. The number of anilines is 1. The molecule has 182 valence electrons. The molecule has 1 saturated heterocycles. The van der Waals surface area contributed by atoms with Gasteiger partial charge in [0.2, 0.25) is 0 Å². The summed E-state index contributed by atoms with van der Waals surface area (Å²) in [7, 11) is 0. The van der Waals surface area contributed by atoms with Crippen LogP contribution in [0.15, 0.2) is 90.4 Å². The Morgan fingerprint density at radius 2 is 1.58 bits per heavy atom. The molecule has 4 aromatic rings. The normalized spacial score (nSPS) is 13.8. The van der Waals surface area contributed by atoms with E-state index >= 15 is 0 Å². The minimum absolute atomic E-state index is 0.180. The van der Waals surface area contributed by atoms with Crippen molar-refractivity contribution in [1.82, 2.24) is 14.7 Å². The van der Waals surface area contributed by atoms with Gasteiger partial charge in [-0.2, -0.15) is 5.10 Å². The maximum Gasteiger partial charge on any atom is 0.331 e. The van der Waals surface area contributed by atoms with E-state index in [1.807, 2.05) is 72.2 Å². The molecule has 5 rings (SSSR count). The first-order valence-corrected chi connectivity index (χ1v) is 12.7. The number of amides is 1. The summed E-state index contributed by atoms with van der Waals surface area (Å²) in [5.41, 5.74) is 3.65. The first-order chi connectivity index (χ1) is 17.7. The summed E-state index contributed by atoms with van der Waals surface area (Å²) < 4.78 is 7.05. The van der Waals surface area contributed by atoms with Crippen LogP contribution in [0.25, 0.3) is 22.3 Å². The third-order valence-electron chi connectivity index (χ3n) is 6.01. The van der Waals surface area contributed by atoms with Crippen LogP contribution in [0.3, 0.4) is 0 Å². The zero-order valence-electron chi connectivity index (χ0n) is 19.7. The highest BCUT2D eigenvalue weighted by Crippen LogP contribution is 2.28. The van der Waals surface area contributed by atoms with Crippen molar-refractivity contribution in [2.75, 3.05) is 37.7 Å². The van der Waals surface area contributed by atoms with E-state index in [0.29, 0.717) is 13.1 Å². The molecule has 0 bridgehead atoms. The molecule has 0 aliphatic carbocycles. The van der Waals surface area contributed by atoms with Gasteiger partial charge in [-0.3, -0.25) is 4.79 Å². The zero-order chi connectivity index (χ0) is 24.7. The van der Waals surface area contributed by atoms with E-state index in [1.54, 1.807) is 27.0 Å². The lowest BCUT2D eigenvalue weighted by atomic mass is 10.2. The van der Waals surface area contributed by atoms with Crippen molar-refractivity contribution in [2.45, 2.75) is 0 Å². The van der Waals surface area contributed by atoms with Gasteiger partial charge < -0.3 is 14.5 Å². The number of aromatic nitrogens is 2. The average Bonchev–Trinajstić information content (AvgIpc) is 3.62. The number of hydrogen-bond acceptors (Lipinski definition) is 6. The fourth-order valence-electron chi connectivity index (χ4n) is 4.11. The number of piperazine rings is 1. The molecule has 2 aromatic heterocycles. The molecule has 7 nitrogen and oxygen atoms in total. The number of para-hydroxylation sites is 2. The molecule has 1 amide bonds. The van der Waals surface area contributed by atoms with E-state index in [9.17, 15) is 9.59 Å². The van der Waals surface area contributed by atoms with Crippen LogP contribution in [-0.4, -0.2) is 59.3 Å². The molecule has 3 heterocycles. The van der Waals surface area contributed by atoms with E-state index in [4.69, 9.17) is 9.84 Å². The second-order valence-electron chi connectivity index (χ2n) is 8.33. The van der Waals surface area contributed by atoms with Crippen molar-refractivity contribution in [3.8, 4) is 16.3 Å². The number of benzene rings is 2. The summed E-state index contributed by atoms with van der Waals surface area (Å²) in [6, 6.07) is 23.9. The van der Waals surface area contributed by atoms with Crippen LogP contribution in [0.4, 0.5) is 5.69 Å². The molecule has 1 aliphatic heterocycles. The van der Waals surface area contributed by atoms with Crippen molar-refractivity contribution in [1.29, 1.82) is 0 Å². The van der Waals surface area contributed by atoms with Crippen LogP contribution < -0.4 is 4.90 Å². The number of carbonyl (C=O) groups is 2. The molecule has 0 unspecified atom stereocenters. The Morgan fingerprint density at radius 3 is 2.25 bits per heavy atom. The van der Waals surface area contributed by atoms with Gasteiger partial charge >= 0.3 is 5.97 Å². The van der Waals surface area contributed by atoms with Crippen LogP contribution in [0.5, 0.6) is 0 Å². The quantitative estimate of drug-likeness (QED) is 0.277. The van der Waals surface area contributed by atoms with Crippen molar-refractivity contribution in [3.63, 3.8) is 0 Å². The third kappa shape index (κ3) is 5.55. The Hall–Kier alpha value is -4.17. The van der Waals surface area contributed by atoms with Crippen LogP contribution in [0.2, 0.25) is 0 Å². The Kier molecular flexibility index (Phi) is 7.23. The maximum absolute atomic E-state index is 12.6. The second kappa shape index (κ2) is 11.0. The van der Waals surface area contributed by atoms with Crippen LogP contribution >= 0.6 is 11.3 Å². The van der Waals surface area contributed by atoms with Gasteiger partial charge in [-0.1, -0.05) is 42.5 Å². The topological polar surface area (TPSA) is 67.7 Å². The van der Waals surface area contributed by atoms with Crippen LogP contribution in [0.1, 0.15) is 5.56 Å². The van der Waals surface area contributed by atoms with E-state index in [-0.39, 0.29) is 12.5 Å². The maximum atomic E-state index is 12.6. The standard InChI is InChI=1S/C28H26N4O3S/c33-26(31-17-15-30(16-18-31)23-8-3-1-4-9-23)21-35-27(34)14-13-22-20-32(24-10-5-2-6-11-24)29-28(22)25-12-7-19-36-25/h1-14,19-20H,15-18,21H2/b14-13+. The Bertz CT molecular complexity index is 1330. The SMILES string of the molecule is O=C(/C=C/c1cn(-c2ccccc2)nc1-c1cccs1)OCC(=O)N1CCN(c2ccccc2)CC1. The molecular weight excluding hydrogens is 472 g/mol. The van der Waals surface area contributed by atoms with Crippen molar-refractivity contribution in [2.24, 2.45) is 0 Å². The average molecular weight is 499 g/mol. The molecule has 36 heavy (non-hydrogen) atoms. The molecule has 0 radical (unpaired) electrons. The molecular formula is C28H26N4O3S. The number of ether oxygens (including phenoxy) is 1. The Morgan fingerprint density at radius 1 is 0.889 bits per heavy atom. The monoisotopic (exact) mass is 498 g/mol. The van der Waals surface area contributed by atoms with Gasteiger partial charge in [0.15, 0.2) is 6.61 Å². The highest BCUT2D eigenvalue weighted by atomic mass is 32.1. The number of rotatable bonds is 7. The number of hydrogen-bond donors (Lipinski definition) is 0. The lowest BCUT2D eigenvalue weighted by molar-refractivity contribution is -0.148. The van der Waals surface area contributed by atoms with Crippen molar-refractivity contribution < 1.29 is 14.3 Å². The summed E-state index contributed by atoms with van der Waals surface area (Å²) in [4.78, 5) is 30.0. The number of esters is 1. The summed E-state index contributed by atoms with van der Waals surface area (Å²) in [5.74, 6) is -0.739. The molecule has 2 aromatic carbocycles. The molecule has 0 atom stereocenters. The van der Waals surface area contributed by atoms with E-state index in [1.165, 1.54) is 6.08 Å². The molecule has 8 heteroatoms. The van der Waals surface area contributed by atoms with E-state index in [0.717, 1.165) is 40.6 Å². The molecule has 1 fully saturated rings. The van der Waals surface area contributed by atoms with Gasteiger partial charge in [0, 0.05) is 49.7 Å². The predicted octanol–water partition coefficient (Wildman–Crippen LogP) is 4.51. The van der Waals surface area contributed by atoms with Gasteiger partial charge in [-0.15, -0.1) is 11.3 Å². The first-order valence-electron chi connectivity index (χ1n) is 11.8. The van der Waals surface area contributed by atoms with Gasteiger partial charge in [-0.25, -0.2) is 9.48 Å². The highest BCUT2D eigenvalue weighted by molar-refractivity contribution is 7.13. The zero-order valence-corrected chi connectivity index (χ0v) is 20.5. The fraction of sp³-hybridized carbons (Fsp3) is 0.179. The molecule has 1 aliphatic rings. The lowest BCUT2D eigenvalue weighted by Gasteiger charge is -2.36. The molecule has 0 spiro atoms. The lowest BCUT2D eigenvalue weighted by Crippen LogP contribution is -2.49. The van der Waals surface area contributed by atoms with Gasteiger partial charge in [0.05, 0.1) is 10.6 Å². The fourth-order valence-corrected chi connectivity index (χ4v) is 4.84. The summed E-state index contributed by atoms with van der Waals surface area (Å²) in [6.45, 7) is 2.44. The summed E-state index contributed by atoms with van der Waals surface area (Å²) in [5, 5.41) is 6.71. The van der Waals surface area contributed by atoms with Gasteiger partial charge in [-0.05, 0) is 41.8 Å². The number of nitrogens with zero attached hydrogens (tertiary/aromatic N) is 4. The molecule has 0 N–H and O–H groups in total. The van der Waals surface area contributed by atoms with E-state index < -0.39 is 5.97 Å². The summed E-state index contributed by atoms with van der Waals surface area (Å²) in [6.07, 6.45) is 4.92. The first kappa shape index (κ1) is 23.6. The largest absolute Gasteiger partial charge is 0.452 e. The smallest absolute Gasteiger partial charge is 0.331 e. The second-order valence-corrected chi connectivity index (χ2v) is 9.28. The third-order valence-corrected chi connectivity index (χ3v) is 6.89. The van der Waals surface area contributed by atoms with Crippen molar-refractivity contribution in [3.05, 3.63) is 96.0 Å². The highest BCUT2D eigenvalue weighted by Gasteiger charge is 2.22. The van der Waals surface area contributed by atoms with Crippen LogP contribution in [-0.2, 0) is 14.3 Å². The van der Waals surface area contributed by atoms with E-state index in [2.05, 4.69) is 17.0 Å². The predicted molar refractivity (Wildman–Crippen MR) is 142 cm³/mol. The Balaban J connectivity index is 1.18.